The van der Waals surface area contributed by atoms with Gasteiger partial charge in [-0.25, -0.2) is 5.84 Å². The van der Waals surface area contributed by atoms with E-state index in [-0.39, 0.29) is 5.76 Å². The van der Waals surface area contributed by atoms with Crippen LogP contribution in [-0.4, -0.2) is 17.9 Å². The topological polar surface area (TPSA) is 71.5 Å². The largest absolute Gasteiger partial charge is 0.456 e. The van der Waals surface area contributed by atoms with Crippen LogP contribution in [0.2, 0.25) is 5.02 Å². The van der Waals surface area contributed by atoms with Gasteiger partial charge in [0.05, 0.1) is 0 Å². The van der Waals surface area contributed by atoms with Gasteiger partial charge in [0.15, 0.2) is 5.76 Å². The Kier molecular flexibility index (Phi) is 5.01. The zero-order valence-electron chi connectivity index (χ0n) is 12.0. The highest BCUT2D eigenvalue weighted by Gasteiger charge is 2.14. The maximum atomic E-state index is 11.4. The molecule has 0 fully saturated rings. The maximum absolute atomic E-state index is 11.4. The molecule has 0 saturated carbocycles. The number of hydrogen-bond donors (Lipinski definition) is 2. The van der Waals surface area contributed by atoms with Crippen molar-refractivity contribution in [2.45, 2.75) is 20.0 Å². The van der Waals surface area contributed by atoms with Crippen LogP contribution in [0.1, 0.15) is 27.4 Å². The molecule has 5 nitrogen and oxygen atoms in total. The van der Waals surface area contributed by atoms with Gasteiger partial charge in [-0.05, 0) is 37.7 Å². The molecule has 3 N–H and O–H groups in total. The van der Waals surface area contributed by atoms with Gasteiger partial charge in [0.1, 0.15) is 5.76 Å². The molecule has 1 amide bonds. The average Bonchev–Trinajstić information content (AvgIpc) is 2.82. The molecule has 0 aliphatic carbocycles. The summed E-state index contributed by atoms with van der Waals surface area (Å²) in [5, 5.41) is 0.726. The van der Waals surface area contributed by atoms with Gasteiger partial charge >= 0.3 is 5.91 Å². The van der Waals surface area contributed by atoms with Crippen LogP contribution in [0.25, 0.3) is 0 Å². The minimum absolute atomic E-state index is 0.227. The number of hydrazine groups is 1. The van der Waals surface area contributed by atoms with Gasteiger partial charge in [0.25, 0.3) is 0 Å². The summed E-state index contributed by atoms with van der Waals surface area (Å²) in [5.41, 5.74) is 4.19. The third-order valence-electron chi connectivity index (χ3n) is 3.18. The predicted molar refractivity (Wildman–Crippen MR) is 81.7 cm³/mol. The fourth-order valence-corrected chi connectivity index (χ4v) is 2.23. The van der Waals surface area contributed by atoms with Crippen LogP contribution in [0, 0.1) is 6.92 Å². The Balaban J connectivity index is 2.02. The fourth-order valence-electron chi connectivity index (χ4n) is 2.11. The normalized spacial score (nSPS) is 10.9. The Morgan fingerprint density at radius 3 is 2.62 bits per heavy atom. The highest BCUT2D eigenvalue weighted by Crippen LogP contribution is 2.18. The molecular formula is C15H18ClN3O2. The van der Waals surface area contributed by atoms with Gasteiger partial charge < -0.3 is 4.42 Å². The lowest BCUT2D eigenvalue weighted by Gasteiger charge is -2.16. The van der Waals surface area contributed by atoms with E-state index in [0.29, 0.717) is 6.54 Å². The van der Waals surface area contributed by atoms with Crippen LogP contribution in [0.4, 0.5) is 0 Å². The highest BCUT2D eigenvalue weighted by atomic mass is 35.5. The summed E-state index contributed by atoms with van der Waals surface area (Å²) in [7, 11) is 2.00. The molecule has 2 aromatic rings. The van der Waals surface area contributed by atoms with Gasteiger partial charge in [-0.15, -0.1) is 0 Å². The van der Waals surface area contributed by atoms with Crippen molar-refractivity contribution in [2.24, 2.45) is 5.84 Å². The van der Waals surface area contributed by atoms with Crippen LogP contribution in [0.15, 0.2) is 34.7 Å². The van der Waals surface area contributed by atoms with Crippen molar-refractivity contribution in [2.75, 3.05) is 7.05 Å². The molecule has 0 radical (unpaired) electrons. The first-order valence-electron chi connectivity index (χ1n) is 6.53. The van der Waals surface area contributed by atoms with Gasteiger partial charge in [-0.1, -0.05) is 23.7 Å². The summed E-state index contributed by atoms with van der Waals surface area (Å²) in [6, 6.07) is 9.45. The molecule has 112 valence electrons. The molecule has 1 heterocycles. The summed E-state index contributed by atoms with van der Waals surface area (Å²) in [6.07, 6.45) is 0. The summed E-state index contributed by atoms with van der Waals surface area (Å²) in [5.74, 6) is 5.62. The predicted octanol–water partition coefficient (Wildman–Crippen LogP) is 2.48. The molecule has 0 bridgehead atoms. The number of carbonyl (C=O) groups excluding carboxylic acids is 1. The average molecular weight is 308 g/mol. The molecule has 2 rings (SSSR count). The number of amides is 1. The van der Waals surface area contributed by atoms with Crippen molar-refractivity contribution < 1.29 is 9.21 Å². The van der Waals surface area contributed by atoms with Crippen molar-refractivity contribution >= 4 is 17.5 Å². The third-order valence-corrected chi connectivity index (χ3v) is 3.43. The lowest BCUT2D eigenvalue weighted by molar-refractivity contribution is 0.0924. The molecule has 0 aliphatic rings. The van der Waals surface area contributed by atoms with Crippen LogP contribution in [-0.2, 0) is 13.1 Å². The van der Waals surface area contributed by atoms with E-state index in [1.165, 1.54) is 5.56 Å². The molecular weight excluding hydrogens is 290 g/mol. The summed E-state index contributed by atoms with van der Waals surface area (Å²) in [6.45, 7) is 3.29. The van der Waals surface area contributed by atoms with E-state index in [4.69, 9.17) is 21.9 Å². The van der Waals surface area contributed by atoms with Gasteiger partial charge in [0.2, 0.25) is 0 Å². The Labute approximate surface area is 128 Å². The number of nitrogens with zero attached hydrogens (tertiary/aromatic N) is 1. The number of aryl methyl sites for hydroxylation is 1. The second-order valence-electron chi connectivity index (χ2n) is 4.96. The molecule has 0 atom stereocenters. The van der Waals surface area contributed by atoms with Crippen molar-refractivity contribution in [1.29, 1.82) is 0 Å². The molecule has 0 unspecified atom stereocenters. The molecule has 1 aromatic carbocycles. The van der Waals surface area contributed by atoms with Crippen molar-refractivity contribution in [3.63, 3.8) is 0 Å². The molecule has 1 aromatic heterocycles. The number of benzene rings is 1. The molecule has 0 aliphatic heterocycles. The monoisotopic (exact) mass is 307 g/mol. The zero-order chi connectivity index (χ0) is 15.4. The summed E-state index contributed by atoms with van der Waals surface area (Å²) in [4.78, 5) is 13.6. The first-order valence-corrected chi connectivity index (χ1v) is 6.90. The number of hydrogen-bond acceptors (Lipinski definition) is 4. The zero-order valence-corrected chi connectivity index (χ0v) is 12.8. The minimum Gasteiger partial charge on any atom is -0.456 e. The first-order chi connectivity index (χ1) is 9.99. The Bertz CT molecular complexity index is 622. The maximum Gasteiger partial charge on any atom is 0.300 e. The number of rotatable bonds is 5. The van der Waals surface area contributed by atoms with E-state index in [0.717, 1.165) is 22.9 Å². The fraction of sp³-hybridized carbons (Fsp3) is 0.267. The SMILES string of the molecule is Cc1oc(C(=O)NN)cc1CN(C)Cc1ccc(Cl)cc1. The van der Waals surface area contributed by atoms with Crippen molar-refractivity contribution in [3.8, 4) is 0 Å². The van der Waals surface area contributed by atoms with E-state index < -0.39 is 5.91 Å². The highest BCUT2D eigenvalue weighted by molar-refractivity contribution is 6.30. The van der Waals surface area contributed by atoms with E-state index in [9.17, 15) is 4.79 Å². The first kappa shape index (κ1) is 15.6. The second kappa shape index (κ2) is 6.76. The quantitative estimate of drug-likeness (QED) is 0.506. The van der Waals surface area contributed by atoms with Gasteiger partial charge in [-0.3, -0.25) is 15.1 Å². The summed E-state index contributed by atoms with van der Waals surface area (Å²) < 4.78 is 5.40. The smallest absolute Gasteiger partial charge is 0.300 e. The van der Waals surface area contributed by atoms with Crippen molar-refractivity contribution in [1.82, 2.24) is 10.3 Å². The van der Waals surface area contributed by atoms with Gasteiger partial charge in [0, 0.05) is 23.7 Å². The molecule has 6 heteroatoms. The standard InChI is InChI=1S/C15H18ClN3O2/c1-10-12(7-14(21-10)15(20)18-17)9-19(2)8-11-3-5-13(16)6-4-11/h3-7H,8-9,17H2,1-2H3,(H,18,20). The number of halogens is 1. The summed E-state index contributed by atoms with van der Waals surface area (Å²) >= 11 is 5.87. The lowest BCUT2D eigenvalue weighted by Crippen LogP contribution is -2.29. The van der Waals surface area contributed by atoms with Crippen LogP contribution in [0.3, 0.4) is 0 Å². The van der Waals surface area contributed by atoms with Crippen molar-refractivity contribution in [3.05, 3.63) is 58.0 Å². The second-order valence-corrected chi connectivity index (χ2v) is 5.40. The number of nitrogens with two attached hydrogens (primary N) is 1. The molecule has 0 spiro atoms. The van der Waals surface area contributed by atoms with E-state index in [1.54, 1.807) is 6.07 Å². The number of furan rings is 1. The Morgan fingerprint density at radius 2 is 2.00 bits per heavy atom. The Hall–Kier alpha value is -1.82. The van der Waals surface area contributed by atoms with E-state index >= 15 is 0 Å². The number of carbonyl (C=O) groups is 1. The number of nitrogen functional groups attached to an aromatic ring is 1. The Morgan fingerprint density at radius 1 is 1.33 bits per heavy atom. The lowest BCUT2D eigenvalue weighted by atomic mass is 10.2. The number of nitrogens with one attached hydrogen (secondary N) is 1. The molecule has 21 heavy (non-hydrogen) atoms. The van der Waals surface area contributed by atoms with Crippen LogP contribution in [0.5, 0.6) is 0 Å². The van der Waals surface area contributed by atoms with E-state index in [2.05, 4.69) is 10.3 Å². The van der Waals surface area contributed by atoms with Crippen LogP contribution < -0.4 is 11.3 Å². The van der Waals surface area contributed by atoms with E-state index in [1.807, 2.05) is 38.2 Å². The third kappa shape index (κ3) is 4.07. The van der Waals surface area contributed by atoms with Crippen LogP contribution >= 0.6 is 11.6 Å². The minimum atomic E-state index is -0.426. The van der Waals surface area contributed by atoms with Gasteiger partial charge in [-0.2, -0.15) is 0 Å². The molecule has 0 saturated heterocycles.